The predicted octanol–water partition coefficient (Wildman–Crippen LogP) is 4.29. The Hall–Kier alpha value is -2.16. The molecule has 28 heavy (non-hydrogen) atoms. The van der Waals surface area contributed by atoms with Gasteiger partial charge in [-0.2, -0.15) is 0 Å². The van der Waals surface area contributed by atoms with E-state index in [1.165, 1.54) is 12.1 Å². The fourth-order valence-corrected chi connectivity index (χ4v) is 2.54. The zero-order valence-corrected chi connectivity index (χ0v) is 18.8. The first-order chi connectivity index (χ1) is 13.0. The summed E-state index contributed by atoms with van der Waals surface area (Å²) < 4.78 is 13.0. The van der Waals surface area contributed by atoms with E-state index in [1.807, 2.05) is 38.1 Å². The molecule has 0 atom stereocenters. The maximum atomic E-state index is 13.0. The molecule has 0 heterocycles. The molecule has 0 saturated heterocycles. The van der Waals surface area contributed by atoms with E-state index in [9.17, 15) is 9.18 Å². The number of carbonyl (C=O) groups is 1. The van der Waals surface area contributed by atoms with Crippen LogP contribution in [0.15, 0.2) is 53.5 Å². The molecule has 0 aliphatic heterocycles. The number of aliphatic imine (C=N–C) groups is 1. The van der Waals surface area contributed by atoms with E-state index in [2.05, 4.69) is 20.9 Å². The number of hydrogen-bond acceptors (Lipinski definition) is 2. The molecule has 152 valence electrons. The van der Waals surface area contributed by atoms with Gasteiger partial charge in [-0.15, -0.1) is 24.0 Å². The number of anilines is 1. The fraction of sp³-hybridized carbons (Fsp3) is 0.333. The summed E-state index contributed by atoms with van der Waals surface area (Å²) in [6, 6.07) is 14.1. The van der Waals surface area contributed by atoms with Crippen molar-refractivity contribution in [3.8, 4) is 0 Å². The Kier molecular flexibility index (Phi) is 10.5. The Labute approximate surface area is 183 Å². The van der Waals surface area contributed by atoms with Crippen molar-refractivity contribution in [2.24, 2.45) is 10.9 Å². The van der Waals surface area contributed by atoms with Crippen molar-refractivity contribution in [1.82, 2.24) is 10.6 Å². The maximum absolute atomic E-state index is 13.0. The minimum Gasteiger partial charge on any atom is -0.352 e. The molecule has 5 nitrogen and oxygen atoms in total. The highest BCUT2D eigenvalue weighted by molar-refractivity contribution is 14.0. The smallest absolute Gasteiger partial charge is 0.224 e. The number of guanidine groups is 1. The highest BCUT2D eigenvalue weighted by atomic mass is 127. The third kappa shape index (κ3) is 8.69. The molecule has 2 rings (SSSR count). The largest absolute Gasteiger partial charge is 0.352 e. The van der Waals surface area contributed by atoms with E-state index in [-0.39, 0.29) is 35.7 Å². The van der Waals surface area contributed by atoms with Gasteiger partial charge in [0.05, 0.1) is 0 Å². The number of nitrogens with zero attached hydrogens (tertiary/aromatic N) is 1. The second kappa shape index (κ2) is 12.3. The fourth-order valence-electron chi connectivity index (χ4n) is 2.54. The molecule has 0 aliphatic carbocycles. The molecule has 0 radical (unpaired) electrons. The minimum atomic E-state index is -0.248. The van der Waals surface area contributed by atoms with Crippen LogP contribution in [-0.4, -0.2) is 18.9 Å². The second-order valence-electron chi connectivity index (χ2n) is 6.75. The molecule has 0 unspecified atom stereocenters. The van der Waals surface area contributed by atoms with Crippen LogP contribution >= 0.6 is 24.0 Å². The summed E-state index contributed by atoms with van der Waals surface area (Å²) in [4.78, 5) is 16.1. The molecule has 1 amide bonds. The highest BCUT2D eigenvalue weighted by Gasteiger charge is 2.06. The van der Waals surface area contributed by atoms with Gasteiger partial charge in [0.15, 0.2) is 5.96 Å². The summed E-state index contributed by atoms with van der Waals surface area (Å²) in [6.07, 6.45) is 0.502. The quantitative estimate of drug-likeness (QED) is 0.303. The standard InChI is InChI=1S/C21H27FN4O.HI/c1-15(2)11-20(27)26-19-6-4-5-17(12-19)14-25-21(23-3)24-13-16-7-9-18(22)10-8-16;/h4-10,12,15H,11,13-14H2,1-3H3,(H,26,27)(H2,23,24,25);1H. The number of benzene rings is 2. The summed E-state index contributed by atoms with van der Waals surface area (Å²) in [6.45, 7) is 5.15. The van der Waals surface area contributed by atoms with Gasteiger partial charge in [0.1, 0.15) is 5.82 Å². The normalized spacial score (nSPS) is 11.0. The minimum absolute atomic E-state index is 0. The molecule has 0 bridgehead atoms. The molecule has 7 heteroatoms. The molecule has 0 aliphatic rings. The van der Waals surface area contributed by atoms with Crippen molar-refractivity contribution in [2.75, 3.05) is 12.4 Å². The summed E-state index contributed by atoms with van der Waals surface area (Å²) in [5.74, 6) is 0.743. The van der Waals surface area contributed by atoms with E-state index >= 15 is 0 Å². The lowest BCUT2D eigenvalue weighted by Crippen LogP contribution is -2.36. The number of amides is 1. The van der Waals surface area contributed by atoms with Crippen LogP contribution in [0, 0.1) is 11.7 Å². The van der Waals surface area contributed by atoms with Crippen molar-refractivity contribution in [1.29, 1.82) is 0 Å². The molecule has 0 fully saturated rings. The van der Waals surface area contributed by atoms with Crippen molar-refractivity contribution in [3.63, 3.8) is 0 Å². The molecular weight excluding hydrogens is 470 g/mol. The van der Waals surface area contributed by atoms with Crippen LogP contribution in [0.5, 0.6) is 0 Å². The van der Waals surface area contributed by atoms with Crippen LogP contribution in [0.1, 0.15) is 31.4 Å². The molecule has 2 aromatic rings. The van der Waals surface area contributed by atoms with E-state index in [0.29, 0.717) is 31.4 Å². The number of nitrogens with one attached hydrogen (secondary N) is 3. The van der Waals surface area contributed by atoms with Gasteiger partial charge in [0, 0.05) is 32.2 Å². The number of carbonyl (C=O) groups excluding carboxylic acids is 1. The lowest BCUT2D eigenvalue weighted by Gasteiger charge is -2.13. The monoisotopic (exact) mass is 498 g/mol. The summed E-state index contributed by atoms with van der Waals surface area (Å²) in [5, 5.41) is 9.35. The van der Waals surface area contributed by atoms with E-state index < -0.39 is 0 Å². The van der Waals surface area contributed by atoms with Crippen LogP contribution < -0.4 is 16.0 Å². The zero-order valence-electron chi connectivity index (χ0n) is 16.5. The Morgan fingerprint density at radius 2 is 1.68 bits per heavy atom. The van der Waals surface area contributed by atoms with Crippen LogP contribution in [0.25, 0.3) is 0 Å². The first-order valence-electron chi connectivity index (χ1n) is 9.04. The molecule has 2 aromatic carbocycles. The first kappa shape index (κ1) is 23.9. The average Bonchev–Trinajstić information content (AvgIpc) is 2.63. The van der Waals surface area contributed by atoms with Gasteiger partial charge in [0.25, 0.3) is 0 Å². The van der Waals surface area contributed by atoms with Gasteiger partial charge in [-0.3, -0.25) is 9.79 Å². The summed E-state index contributed by atoms with van der Waals surface area (Å²) in [7, 11) is 1.70. The van der Waals surface area contributed by atoms with E-state index in [0.717, 1.165) is 16.8 Å². The van der Waals surface area contributed by atoms with Crippen LogP contribution in [0.3, 0.4) is 0 Å². The van der Waals surface area contributed by atoms with Crippen molar-refractivity contribution in [2.45, 2.75) is 33.4 Å². The Morgan fingerprint density at radius 1 is 1.04 bits per heavy atom. The molecule has 0 saturated carbocycles. The number of hydrogen-bond donors (Lipinski definition) is 3. The van der Waals surface area contributed by atoms with Gasteiger partial charge in [-0.05, 0) is 41.3 Å². The van der Waals surface area contributed by atoms with Crippen molar-refractivity contribution in [3.05, 3.63) is 65.5 Å². The van der Waals surface area contributed by atoms with Crippen molar-refractivity contribution < 1.29 is 9.18 Å². The topological polar surface area (TPSA) is 65.5 Å². The molecule has 3 N–H and O–H groups in total. The van der Waals surface area contributed by atoms with Gasteiger partial charge in [0.2, 0.25) is 5.91 Å². The van der Waals surface area contributed by atoms with Gasteiger partial charge in [-0.1, -0.05) is 38.1 Å². The van der Waals surface area contributed by atoms with Gasteiger partial charge >= 0.3 is 0 Å². The third-order valence-corrected chi connectivity index (χ3v) is 3.86. The van der Waals surface area contributed by atoms with Gasteiger partial charge in [-0.25, -0.2) is 4.39 Å². The first-order valence-corrected chi connectivity index (χ1v) is 9.04. The predicted molar refractivity (Wildman–Crippen MR) is 123 cm³/mol. The zero-order chi connectivity index (χ0) is 19.6. The van der Waals surface area contributed by atoms with E-state index in [1.54, 1.807) is 19.2 Å². The number of halogens is 2. The summed E-state index contributed by atoms with van der Waals surface area (Å²) >= 11 is 0. The Balaban J connectivity index is 0.00000392. The second-order valence-corrected chi connectivity index (χ2v) is 6.75. The lowest BCUT2D eigenvalue weighted by atomic mass is 10.1. The SMILES string of the molecule is CN=C(NCc1ccc(F)cc1)NCc1cccc(NC(=O)CC(C)C)c1.I. The van der Waals surface area contributed by atoms with Gasteiger partial charge < -0.3 is 16.0 Å². The van der Waals surface area contributed by atoms with Crippen LogP contribution in [0.4, 0.5) is 10.1 Å². The Bertz CT molecular complexity index is 778. The number of rotatable bonds is 7. The van der Waals surface area contributed by atoms with E-state index in [4.69, 9.17) is 0 Å². The third-order valence-electron chi connectivity index (χ3n) is 3.86. The maximum Gasteiger partial charge on any atom is 0.224 e. The Morgan fingerprint density at radius 3 is 2.29 bits per heavy atom. The molecule has 0 aromatic heterocycles. The molecule has 0 spiro atoms. The molecular formula is C21H28FIN4O. The lowest BCUT2D eigenvalue weighted by molar-refractivity contribution is -0.116. The van der Waals surface area contributed by atoms with Crippen LogP contribution in [-0.2, 0) is 17.9 Å². The van der Waals surface area contributed by atoms with Crippen LogP contribution in [0.2, 0.25) is 0 Å². The van der Waals surface area contributed by atoms with Crippen molar-refractivity contribution >= 4 is 41.5 Å². The highest BCUT2D eigenvalue weighted by Crippen LogP contribution is 2.12. The average molecular weight is 498 g/mol. The summed E-state index contributed by atoms with van der Waals surface area (Å²) in [5.41, 5.74) is 2.78.